The fraction of sp³-hybridized carbons (Fsp3) is 0.538. The van der Waals surface area contributed by atoms with Gasteiger partial charge in [0.1, 0.15) is 6.10 Å². The molecule has 2 fully saturated rings. The van der Waals surface area contributed by atoms with E-state index in [0.29, 0.717) is 6.10 Å². The number of benzene rings is 1. The standard InChI is InChI=1S/C13H15NO4S2/c1-17-11-6-9-7-19-13(12(11)18-9)20-10-4-2-8(3-5-10)14(15)16/h2-5,9,11-13H,6-7H2,1H3/t9-,11-,12+,13+/m0/s1. The first kappa shape index (κ1) is 14.2. The minimum atomic E-state index is -0.380. The predicted molar refractivity (Wildman–Crippen MR) is 79.3 cm³/mol. The van der Waals surface area contributed by atoms with Crippen molar-refractivity contribution >= 4 is 29.2 Å². The number of thioether (sulfide) groups is 2. The number of nitro groups is 1. The smallest absolute Gasteiger partial charge is 0.269 e. The maximum atomic E-state index is 10.6. The van der Waals surface area contributed by atoms with Crippen molar-refractivity contribution < 1.29 is 14.4 Å². The van der Waals surface area contributed by atoms with Gasteiger partial charge in [-0.2, -0.15) is 0 Å². The van der Waals surface area contributed by atoms with E-state index in [1.807, 2.05) is 11.8 Å². The monoisotopic (exact) mass is 313 g/mol. The van der Waals surface area contributed by atoms with Crippen molar-refractivity contribution in [1.29, 1.82) is 0 Å². The number of nitrogens with zero attached hydrogens (tertiary/aromatic N) is 1. The minimum Gasteiger partial charge on any atom is -0.379 e. The molecule has 2 saturated heterocycles. The summed E-state index contributed by atoms with van der Waals surface area (Å²) in [6, 6.07) is 6.68. The molecule has 108 valence electrons. The molecule has 0 N–H and O–H groups in total. The van der Waals surface area contributed by atoms with Gasteiger partial charge in [-0.3, -0.25) is 10.1 Å². The zero-order valence-electron chi connectivity index (χ0n) is 10.9. The van der Waals surface area contributed by atoms with Crippen LogP contribution in [0, 0.1) is 10.1 Å². The number of nitro benzene ring substituents is 1. The van der Waals surface area contributed by atoms with E-state index < -0.39 is 0 Å². The first-order valence-corrected chi connectivity index (χ1v) is 8.31. The largest absolute Gasteiger partial charge is 0.379 e. The third-order valence-electron chi connectivity index (χ3n) is 3.53. The zero-order chi connectivity index (χ0) is 14.1. The van der Waals surface area contributed by atoms with Gasteiger partial charge < -0.3 is 9.47 Å². The van der Waals surface area contributed by atoms with Crippen LogP contribution in [0.1, 0.15) is 6.42 Å². The van der Waals surface area contributed by atoms with Gasteiger partial charge in [-0.05, 0) is 12.1 Å². The quantitative estimate of drug-likeness (QED) is 0.629. The molecule has 4 atom stereocenters. The third-order valence-corrected chi connectivity index (χ3v) is 6.43. The number of rotatable bonds is 4. The highest BCUT2D eigenvalue weighted by Crippen LogP contribution is 2.45. The van der Waals surface area contributed by atoms with E-state index in [1.165, 1.54) is 0 Å². The van der Waals surface area contributed by atoms with Gasteiger partial charge in [0.15, 0.2) is 0 Å². The van der Waals surface area contributed by atoms with Crippen LogP contribution in [-0.4, -0.2) is 40.7 Å². The first-order chi connectivity index (χ1) is 9.67. The summed E-state index contributed by atoms with van der Waals surface area (Å²) in [7, 11) is 1.73. The zero-order valence-corrected chi connectivity index (χ0v) is 12.6. The van der Waals surface area contributed by atoms with Crippen LogP contribution < -0.4 is 0 Å². The van der Waals surface area contributed by atoms with E-state index in [1.54, 1.807) is 43.1 Å². The highest BCUT2D eigenvalue weighted by molar-refractivity contribution is 8.17. The fourth-order valence-corrected chi connectivity index (χ4v) is 5.34. The summed E-state index contributed by atoms with van der Waals surface area (Å²) in [5.74, 6) is 0.987. The van der Waals surface area contributed by atoms with E-state index in [2.05, 4.69) is 0 Å². The molecule has 0 spiro atoms. The maximum Gasteiger partial charge on any atom is 0.269 e. The van der Waals surface area contributed by atoms with Gasteiger partial charge in [0.2, 0.25) is 0 Å². The van der Waals surface area contributed by atoms with Crippen LogP contribution in [0.15, 0.2) is 29.2 Å². The molecule has 2 aliphatic rings. The molecule has 0 aromatic heterocycles. The second kappa shape index (κ2) is 5.93. The van der Waals surface area contributed by atoms with Crippen molar-refractivity contribution in [1.82, 2.24) is 0 Å². The number of methoxy groups -OCH3 is 1. The first-order valence-electron chi connectivity index (χ1n) is 6.38. The van der Waals surface area contributed by atoms with Crippen LogP contribution in [0.2, 0.25) is 0 Å². The maximum absolute atomic E-state index is 10.6. The molecule has 0 amide bonds. The van der Waals surface area contributed by atoms with Crippen molar-refractivity contribution in [3.05, 3.63) is 34.4 Å². The number of hydrogen-bond acceptors (Lipinski definition) is 6. The summed E-state index contributed by atoms with van der Waals surface area (Å²) in [5, 5.41) is 10.6. The van der Waals surface area contributed by atoms with Gasteiger partial charge in [-0.15, -0.1) is 23.5 Å². The van der Waals surface area contributed by atoms with Crippen LogP contribution in [0.25, 0.3) is 0 Å². The van der Waals surface area contributed by atoms with Crippen LogP contribution in [0.4, 0.5) is 5.69 Å². The van der Waals surface area contributed by atoms with Crippen LogP contribution in [-0.2, 0) is 9.47 Å². The van der Waals surface area contributed by atoms with E-state index in [4.69, 9.17) is 9.47 Å². The van der Waals surface area contributed by atoms with Gasteiger partial charge in [0, 0.05) is 36.3 Å². The van der Waals surface area contributed by atoms with E-state index in [9.17, 15) is 10.1 Å². The summed E-state index contributed by atoms with van der Waals surface area (Å²) < 4.78 is 11.8. The summed E-state index contributed by atoms with van der Waals surface area (Å²) >= 11 is 3.59. The highest BCUT2D eigenvalue weighted by Gasteiger charge is 2.45. The molecule has 3 rings (SSSR count). The average molecular weight is 313 g/mol. The van der Waals surface area contributed by atoms with Crippen molar-refractivity contribution in [2.45, 2.75) is 34.2 Å². The van der Waals surface area contributed by atoms with Crippen LogP contribution >= 0.6 is 23.5 Å². The molecule has 1 aromatic rings. The molecule has 2 bridgehead atoms. The SMILES string of the molecule is CO[C@H]1C[C@H]2CS[C@H](Sc3ccc([N+](=O)[O-])cc3)[C@@H]1O2. The van der Waals surface area contributed by atoms with E-state index in [0.717, 1.165) is 17.1 Å². The van der Waals surface area contributed by atoms with Crippen LogP contribution in [0.5, 0.6) is 0 Å². The predicted octanol–water partition coefficient (Wildman–Crippen LogP) is 2.93. The Morgan fingerprint density at radius 1 is 1.45 bits per heavy atom. The number of ether oxygens (including phenoxy) is 2. The Balaban J connectivity index is 1.69. The fourth-order valence-electron chi connectivity index (χ4n) is 2.51. The number of non-ortho nitro benzene ring substituents is 1. The lowest BCUT2D eigenvalue weighted by atomic mass is 10.2. The molecule has 7 heteroatoms. The van der Waals surface area contributed by atoms with Gasteiger partial charge >= 0.3 is 0 Å². The van der Waals surface area contributed by atoms with Crippen molar-refractivity contribution in [2.24, 2.45) is 0 Å². The molecule has 20 heavy (non-hydrogen) atoms. The Morgan fingerprint density at radius 3 is 2.85 bits per heavy atom. The lowest BCUT2D eigenvalue weighted by Gasteiger charge is -2.29. The van der Waals surface area contributed by atoms with Gasteiger partial charge in [0.05, 0.1) is 21.7 Å². The number of hydrogen-bond donors (Lipinski definition) is 0. The second-order valence-electron chi connectivity index (χ2n) is 4.80. The Labute approximate surface area is 125 Å². The molecule has 0 saturated carbocycles. The second-order valence-corrected chi connectivity index (χ2v) is 7.49. The summed E-state index contributed by atoms with van der Waals surface area (Å²) in [6.07, 6.45) is 1.53. The summed E-state index contributed by atoms with van der Waals surface area (Å²) in [6.45, 7) is 0. The molecular formula is C13H15NO4S2. The lowest BCUT2D eigenvalue weighted by molar-refractivity contribution is -0.384. The Hall–Kier alpha value is -0.760. The van der Waals surface area contributed by atoms with Gasteiger partial charge in [-0.25, -0.2) is 0 Å². The Kier molecular flexibility index (Phi) is 4.21. The van der Waals surface area contributed by atoms with Crippen molar-refractivity contribution in [3.8, 4) is 0 Å². The van der Waals surface area contributed by atoms with Crippen molar-refractivity contribution in [3.63, 3.8) is 0 Å². The molecule has 2 heterocycles. The molecule has 1 aromatic carbocycles. The lowest BCUT2D eigenvalue weighted by Crippen LogP contribution is -2.34. The van der Waals surface area contributed by atoms with E-state index >= 15 is 0 Å². The molecule has 5 nitrogen and oxygen atoms in total. The number of fused-ring (bicyclic) bond motifs is 2. The van der Waals surface area contributed by atoms with Gasteiger partial charge in [0.25, 0.3) is 5.69 Å². The van der Waals surface area contributed by atoms with E-state index in [-0.39, 0.29) is 27.4 Å². The molecule has 0 radical (unpaired) electrons. The van der Waals surface area contributed by atoms with Crippen LogP contribution in [0.3, 0.4) is 0 Å². The highest BCUT2D eigenvalue weighted by atomic mass is 32.2. The van der Waals surface area contributed by atoms with Crippen molar-refractivity contribution in [2.75, 3.05) is 12.9 Å². The van der Waals surface area contributed by atoms with Gasteiger partial charge in [-0.1, -0.05) is 0 Å². The summed E-state index contributed by atoms with van der Waals surface area (Å²) in [5.41, 5.74) is 0.123. The summed E-state index contributed by atoms with van der Waals surface area (Å²) in [4.78, 5) is 11.3. The normalized spacial score (nSPS) is 32.2. The molecule has 0 unspecified atom stereocenters. The molecule has 0 aliphatic carbocycles. The Morgan fingerprint density at radius 2 is 2.20 bits per heavy atom. The minimum absolute atomic E-state index is 0.101. The topological polar surface area (TPSA) is 61.6 Å². The Bertz CT molecular complexity index is 496. The third kappa shape index (κ3) is 2.81. The average Bonchev–Trinajstić information content (AvgIpc) is 2.80. The molecule has 2 aliphatic heterocycles. The molecular weight excluding hydrogens is 298 g/mol.